The highest BCUT2D eigenvalue weighted by Crippen LogP contribution is 2.44. The highest BCUT2D eigenvalue weighted by molar-refractivity contribution is 5.95. The number of rotatable bonds is 4. The number of carbonyl (C=O) groups excluding carboxylic acids is 1. The Morgan fingerprint density at radius 3 is 2.50 bits per heavy atom. The molecule has 2 atom stereocenters. The summed E-state index contributed by atoms with van der Waals surface area (Å²) >= 11 is 0. The summed E-state index contributed by atoms with van der Waals surface area (Å²) in [7, 11) is 0. The van der Waals surface area contributed by atoms with E-state index in [4.69, 9.17) is 0 Å². The molecule has 1 aromatic heterocycles. The van der Waals surface area contributed by atoms with Crippen molar-refractivity contribution in [1.82, 2.24) is 14.7 Å². The molecule has 0 spiro atoms. The Kier molecular flexibility index (Phi) is 4.40. The Labute approximate surface area is 158 Å². The van der Waals surface area contributed by atoms with E-state index in [1.54, 1.807) is 18.2 Å². The number of alkyl halides is 3. The van der Waals surface area contributed by atoms with Crippen LogP contribution in [0.5, 0.6) is 0 Å². The van der Waals surface area contributed by atoms with Gasteiger partial charge in [-0.15, -0.1) is 0 Å². The van der Waals surface area contributed by atoms with Crippen molar-refractivity contribution < 1.29 is 27.9 Å². The van der Waals surface area contributed by atoms with E-state index in [2.05, 4.69) is 5.10 Å². The lowest BCUT2D eigenvalue weighted by Crippen LogP contribution is -2.30. The zero-order chi connectivity index (χ0) is 20.1. The average Bonchev–Trinajstić information content (AvgIpc) is 3.19. The fourth-order valence-electron chi connectivity index (χ4n) is 3.84. The second-order valence-electron chi connectivity index (χ2n) is 7.35. The largest absolute Gasteiger partial charge is 0.481 e. The van der Waals surface area contributed by atoms with Crippen molar-refractivity contribution in [3.05, 3.63) is 47.8 Å². The Balaban J connectivity index is 1.55. The molecule has 1 saturated heterocycles. The molecule has 4 rings (SSSR count). The zero-order valence-corrected chi connectivity index (χ0v) is 14.8. The molecule has 2 aromatic rings. The third-order valence-corrected chi connectivity index (χ3v) is 5.43. The molecule has 0 radical (unpaired) electrons. The third kappa shape index (κ3) is 3.48. The van der Waals surface area contributed by atoms with E-state index < -0.39 is 23.8 Å². The lowest BCUT2D eigenvalue weighted by atomic mass is 9.92. The molecule has 1 aliphatic carbocycles. The second kappa shape index (κ2) is 6.65. The van der Waals surface area contributed by atoms with Crippen molar-refractivity contribution in [3.8, 4) is 5.69 Å². The van der Waals surface area contributed by atoms with Gasteiger partial charge in [-0.1, -0.05) is 6.07 Å². The summed E-state index contributed by atoms with van der Waals surface area (Å²) in [6.07, 6.45) is -1.37. The molecule has 2 fully saturated rings. The molecule has 0 bridgehead atoms. The summed E-state index contributed by atoms with van der Waals surface area (Å²) in [5.74, 6) is -1.46. The molecule has 2 aliphatic rings. The van der Waals surface area contributed by atoms with Crippen molar-refractivity contribution in [2.24, 2.45) is 17.8 Å². The van der Waals surface area contributed by atoms with E-state index in [0.717, 1.165) is 23.6 Å². The van der Waals surface area contributed by atoms with E-state index in [1.165, 1.54) is 17.2 Å². The third-order valence-electron chi connectivity index (χ3n) is 5.43. The van der Waals surface area contributed by atoms with E-state index in [1.807, 2.05) is 0 Å². The number of carbonyl (C=O) groups is 2. The summed E-state index contributed by atoms with van der Waals surface area (Å²) in [5, 5.41) is 13.0. The maximum atomic E-state index is 12.9. The first-order valence-electron chi connectivity index (χ1n) is 8.99. The van der Waals surface area contributed by atoms with Crippen LogP contribution in [0.25, 0.3) is 5.69 Å². The number of halogens is 3. The number of amides is 1. The standard InChI is InChI=1S/C19H18F3N3O3/c20-19(21,22)16-6-7-25(23-16)13-3-1-2-12(8-13)17(26)24-9-14(11-4-5-11)15(10-24)18(27)28/h1-3,6-8,11,14-15H,4-5,9-10H2,(H,27,28)/t14-,15+/m1/s1. The van der Waals surface area contributed by atoms with Crippen LogP contribution in [0.3, 0.4) is 0 Å². The molecule has 0 unspecified atom stereocenters. The van der Waals surface area contributed by atoms with E-state index in [9.17, 15) is 27.9 Å². The molecule has 1 amide bonds. The highest BCUT2D eigenvalue weighted by atomic mass is 19.4. The minimum absolute atomic E-state index is 0.0370. The maximum Gasteiger partial charge on any atom is 0.435 e. The van der Waals surface area contributed by atoms with Gasteiger partial charge in [0, 0.05) is 24.8 Å². The first kappa shape index (κ1) is 18.5. The molecule has 1 saturated carbocycles. The van der Waals surface area contributed by atoms with Gasteiger partial charge in [-0.05, 0) is 48.9 Å². The number of benzene rings is 1. The van der Waals surface area contributed by atoms with Gasteiger partial charge in [0.25, 0.3) is 5.91 Å². The van der Waals surface area contributed by atoms with Gasteiger partial charge in [0.05, 0.1) is 11.6 Å². The lowest BCUT2D eigenvalue weighted by Gasteiger charge is -2.17. The van der Waals surface area contributed by atoms with Crippen LogP contribution in [0.2, 0.25) is 0 Å². The minimum Gasteiger partial charge on any atom is -0.481 e. The predicted molar refractivity (Wildman–Crippen MR) is 91.8 cm³/mol. The van der Waals surface area contributed by atoms with Crippen LogP contribution in [-0.4, -0.2) is 44.8 Å². The maximum absolute atomic E-state index is 12.9. The van der Waals surface area contributed by atoms with Crippen molar-refractivity contribution in [3.63, 3.8) is 0 Å². The van der Waals surface area contributed by atoms with Crippen LogP contribution < -0.4 is 0 Å². The monoisotopic (exact) mass is 393 g/mol. The van der Waals surface area contributed by atoms with E-state index in [-0.39, 0.29) is 18.4 Å². The number of likely N-dealkylation sites (tertiary alicyclic amines) is 1. The molecular weight excluding hydrogens is 375 g/mol. The molecule has 9 heteroatoms. The fourth-order valence-corrected chi connectivity index (χ4v) is 3.84. The summed E-state index contributed by atoms with van der Waals surface area (Å²) in [6.45, 7) is 0.546. The molecule has 1 aromatic carbocycles. The van der Waals surface area contributed by atoms with Crippen molar-refractivity contribution in [2.75, 3.05) is 13.1 Å². The van der Waals surface area contributed by atoms with Crippen LogP contribution in [0, 0.1) is 17.8 Å². The van der Waals surface area contributed by atoms with Crippen LogP contribution >= 0.6 is 0 Å². The molecule has 2 heterocycles. The summed E-state index contributed by atoms with van der Waals surface area (Å²) in [5.41, 5.74) is -0.392. The quantitative estimate of drug-likeness (QED) is 0.866. The first-order chi connectivity index (χ1) is 13.2. The Morgan fingerprint density at radius 2 is 1.89 bits per heavy atom. The smallest absolute Gasteiger partial charge is 0.435 e. The lowest BCUT2D eigenvalue weighted by molar-refractivity contribution is -0.143. The van der Waals surface area contributed by atoms with Crippen LogP contribution in [0.4, 0.5) is 13.2 Å². The molecule has 148 valence electrons. The predicted octanol–water partition coefficient (Wildman–Crippen LogP) is 3.07. The Hall–Kier alpha value is -2.84. The number of carboxylic acid groups (broad SMARTS) is 1. The topological polar surface area (TPSA) is 75.4 Å². The zero-order valence-electron chi connectivity index (χ0n) is 14.8. The number of nitrogens with zero attached hydrogens (tertiary/aromatic N) is 3. The van der Waals surface area contributed by atoms with Crippen molar-refractivity contribution >= 4 is 11.9 Å². The van der Waals surface area contributed by atoms with Crippen molar-refractivity contribution in [1.29, 1.82) is 0 Å². The highest BCUT2D eigenvalue weighted by Gasteiger charge is 2.47. The fraction of sp³-hybridized carbons (Fsp3) is 0.421. The summed E-state index contributed by atoms with van der Waals surface area (Å²) in [4.78, 5) is 25.9. The van der Waals surface area contributed by atoms with Crippen LogP contribution in [0.15, 0.2) is 36.5 Å². The molecule has 6 nitrogen and oxygen atoms in total. The number of aromatic nitrogens is 2. The van der Waals surface area contributed by atoms with Gasteiger partial charge in [0.1, 0.15) is 0 Å². The first-order valence-corrected chi connectivity index (χ1v) is 8.99. The minimum atomic E-state index is -4.54. The molecular formula is C19H18F3N3O3. The van der Waals surface area contributed by atoms with Crippen LogP contribution in [-0.2, 0) is 11.0 Å². The molecule has 1 N–H and O–H groups in total. The number of carboxylic acids is 1. The van der Waals surface area contributed by atoms with Gasteiger partial charge in [-0.2, -0.15) is 18.3 Å². The number of aliphatic carboxylic acids is 1. The van der Waals surface area contributed by atoms with Crippen LogP contribution in [0.1, 0.15) is 28.9 Å². The number of hydrogen-bond acceptors (Lipinski definition) is 3. The normalized spacial score (nSPS) is 22.5. The Bertz CT molecular complexity index is 920. The number of hydrogen-bond donors (Lipinski definition) is 1. The van der Waals surface area contributed by atoms with Crippen molar-refractivity contribution in [2.45, 2.75) is 19.0 Å². The summed E-state index contributed by atoms with van der Waals surface area (Å²) < 4.78 is 39.3. The summed E-state index contributed by atoms with van der Waals surface area (Å²) in [6, 6.07) is 7.03. The Morgan fingerprint density at radius 1 is 1.14 bits per heavy atom. The van der Waals surface area contributed by atoms with Gasteiger partial charge in [0.2, 0.25) is 0 Å². The van der Waals surface area contributed by atoms with Gasteiger partial charge < -0.3 is 10.0 Å². The SMILES string of the molecule is O=C(O)[C@H]1CN(C(=O)c2cccc(-n3ccc(C(F)(F)F)n3)c2)C[C@@H]1C1CC1. The average molecular weight is 393 g/mol. The van der Waals surface area contributed by atoms with Gasteiger partial charge in [-0.3, -0.25) is 9.59 Å². The van der Waals surface area contributed by atoms with Gasteiger partial charge in [-0.25, -0.2) is 4.68 Å². The van der Waals surface area contributed by atoms with E-state index >= 15 is 0 Å². The second-order valence-corrected chi connectivity index (χ2v) is 7.35. The molecule has 1 aliphatic heterocycles. The van der Waals surface area contributed by atoms with Gasteiger partial charge >= 0.3 is 12.1 Å². The van der Waals surface area contributed by atoms with Gasteiger partial charge in [0.15, 0.2) is 5.69 Å². The molecule has 28 heavy (non-hydrogen) atoms. The van der Waals surface area contributed by atoms with E-state index in [0.29, 0.717) is 23.7 Å².